The number of aromatic nitrogens is 2. The number of ether oxygens (including phenoxy) is 2. The van der Waals surface area contributed by atoms with Crippen molar-refractivity contribution in [2.24, 2.45) is 0 Å². The maximum Gasteiger partial charge on any atom is 0.409 e. The Kier molecular flexibility index (Phi) is 5.02. The van der Waals surface area contributed by atoms with Crippen LogP contribution >= 0.6 is 0 Å². The molecule has 1 aromatic heterocycles. The molecule has 2 rings (SSSR count). The van der Waals surface area contributed by atoms with Gasteiger partial charge in [-0.3, -0.25) is 4.79 Å². The standard InChI is InChI=1S/C13H20N4O4/c1-3-21-13(19)17-6-4-9(5-7-17)16-11-10(20-2)12(18)15-8-14-11/h8-9H,3-7H2,1-2H3,(H2,14,15,16,18). The van der Waals surface area contributed by atoms with E-state index >= 15 is 0 Å². The van der Waals surface area contributed by atoms with Crippen molar-refractivity contribution in [3.05, 3.63) is 16.7 Å². The summed E-state index contributed by atoms with van der Waals surface area (Å²) in [6.07, 6.45) is 2.58. The van der Waals surface area contributed by atoms with Crippen LogP contribution in [-0.4, -0.2) is 53.8 Å². The van der Waals surface area contributed by atoms with Gasteiger partial charge in [0.05, 0.1) is 20.0 Å². The normalized spacial score (nSPS) is 15.6. The summed E-state index contributed by atoms with van der Waals surface area (Å²) in [6.45, 7) is 3.39. The largest absolute Gasteiger partial charge is 0.489 e. The minimum absolute atomic E-state index is 0.138. The fourth-order valence-corrected chi connectivity index (χ4v) is 2.29. The Morgan fingerprint density at radius 2 is 2.24 bits per heavy atom. The minimum atomic E-state index is -0.320. The number of likely N-dealkylation sites (tertiary alicyclic amines) is 1. The molecular formula is C13H20N4O4. The fraction of sp³-hybridized carbons (Fsp3) is 0.615. The Bertz CT molecular complexity index is 537. The van der Waals surface area contributed by atoms with Crippen LogP contribution in [0.5, 0.6) is 5.75 Å². The number of anilines is 1. The van der Waals surface area contributed by atoms with Gasteiger partial charge in [-0.05, 0) is 19.8 Å². The highest BCUT2D eigenvalue weighted by Crippen LogP contribution is 2.20. The smallest absolute Gasteiger partial charge is 0.409 e. The molecule has 0 bridgehead atoms. The first-order valence-corrected chi connectivity index (χ1v) is 6.95. The van der Waals surface area contributed by atoms with E-state index in [0.717, 1.165) is 12.8 Å². The summed E-state index contributed by atoms with van der Waals surface area (Å²) in [5.74, 6) is 0.598. The maximum absolute atomic E-state index is 11.6. The molecular weight excluding hydrogens is 276 g/mol. The van der Waals surface area contributed by atoms with Gasteiger partial charge in [0.1, 0.15) is 0 Å². The molecule has 1 aliphatic heterocycles. The molecule has 1 aliphatic rings. The number of aromatic amines is 1. The Morgan fingerprint density at radius 3 is 2.86 bits per heavy atom. The fourth-order valence-electron chi connectivity index (χ4n) is 2.29. The zero-order valence-electron chi connectivity index (χ0n) is 12.2. The van der Waals surface area contributed by atoms with Crippen LogP contribution in [0.15, 0.2) is 11.1 Å². The van der Waals surface area contributed by atoms with Crippen LogP contribution in [0.25, 0.3) is 0 Å². The monoisotopic (exact) mass is 296 g/mol. The molecule has 1 fully saturated rings. The molecule has 0 spiro atoms. The van der Waals surface area contributed by atoms with E-state index in [4.69, 9.17) is 9.47 Å². The van der Waals surface area contributed by atoms with Crippen molar-refractivity contribution >= 4 is 11.9 Å². The molecule has 1 amide bonds. The molecule has 2 heterocycles. The van der Waals surface area contributed by atoms with Gasteiger partial charge in [0.15, 0.2) is 5.82 Å². The molecule has 1 saturated heterocycles. The summed E-state index contributed by atoms with van der Waals surface area (Å²) >= 11 is 0. The van der Waals surface area contributed by atoms with Crippen LogP contribution < -0.4 is 15.6 Å². The third-order valence-electron chi connectivity index (χ3n) is 3.38. The summed E-state index contributed by atoms with van der Waals surface area (Å²) < 4.78 is 10.0. The Hall–Kier alpha value is -2.25. The lowest BCUT2D eigenvalue weighted by atomic mass is 10.1. The lowest BCUT2D eigenvalue weighted by Crippen LogP contribution is -2.42. The highest BCUT2D eigenvalue weighted by Gasteiger charge is 2.24. The molecule has 0 unspecified atom stereocenters. The zero-order valence-corrected chi connectivity index (χ0v) is 12.2. The first-order chi connectivity index (χ1) is 10.2. The van der Waals surface area contributed by atoms with Crippen LogP contribution in [0.2, 0.25) is 0 Å². The summed E-state index contributed by atoms with van der Waals surface area (Å²) in [7, 11) is 1.43. The number of methoxy groups -OCH3 is 1. The molecule has 0 atom stereocenters. The van der Waals surface area contributed by atoms with Gasteiger partial charge in [-0.1, -0.05) is 0 Å². The van der Waals surface area contributed by atoms with E-state index in [1.807, 2.05) is 0 Å². The number of carbonyl (C=O) groups is 1. The average Bonchev–Trinajstić information content (AvgIpc) is 2.48. The van der Waals surface area contributed by atoms with Gasteiger partial charge in [-0.2, -0.15) is 0 Å². The quantitative estimate of drug-likeness (QED) is 0.853. The Labute approximate surface area is 122 Å². The van der Waals surface area contributed by atoms with E-state index in [2.05, 4.69) is 15.3 Å². The molecule has 8 nitrogen and oxygen atoms in total. The molecule has 0 aromatic carbocycles. The number of rotatable bonds is 4. The summed E-state index contributed by atoms with van der Waals surface area (Å²) in [5, 5.41) is 3.20. The predicted molar refractivity (Wildman–Crippen MR) is 76.6 cm³/mol. The summed E-state index contributed by atoms with van der Waals surface area (Å²) in [5.41, 5.74) is -0.320. The molecule has 2 N–H and O–H groups in total. The van der Waals surface area contributed by atoms with Crippen molar-refractivity contribution in [2.75, 3.05) is 32.1 Å². The second-order valence-corrected chi connectivity index (χ2v) is 4.72. The maximum atomic E-state index is 11.6. The number of nitrogens with one attached hydrogen (secondary N) is 2. The third-order valence-corrected chi connectivity index (χ3v) is 3.38. The number of hydrogen-bond acceptors (Lipinski definition) is 6. The molecule has 116 valence electrons. The molecule has 0 aliphatic carbocycles. The topological polar surface area (TPSA) is 96.5 Å². The van der Waals surface area contributed by atoms with E-state index in [9.17, 15) is 9.59 Å². The van der Waals surface area contributed by atoms with E-state index < -0.39 is 0 Å². The SMILES string of the molecule is CCOC(=O)N1CCC(Nc2nc[nH]c(=O)c2OC)CC1. The molecule has 0 radical (unpaired) electrons. The van der Waals surface area contributed by atoms with Crippen LogP contribution in [-0.2, 0) is 4.74 Å². The number of amides is 1. The lowest BCUT2D eigenvalue weighted by Gasteiger charge is -2.31. The first-order valence-electron chi connectivity index (χ1n) is 6.95. The van der Waals surface area contributed by atoms with E-state index in [0.29, 0.717) is 25.5 Å². The van der Waals surface area contributed by atoms with Gasteiger partial charge in [-0.15, -0.1) is 0 Å². The van der Waals surface area contributed by atoms with Crippen molar-refractivity contribution in [3.8, 4) is 5.75 Å². The molecule has 0 saturated carbocycles. The van der Waals surface area contributed by atoms with Crippen molar-refractivity contribution in [1.82, 2.24) is 14.9 Å². The van der Waals surface area contributed by atoms with E-state index in [1.54, 1.807) is 11.8 Å². The number of H-pyrrole nitrogens is 1. The van der Waals surface area contributed by atoms with Crippen molar-refractivity contribution < 1.29 is 14.3 Å². The van der Waals surface area contributed by atoms with Gasteiger partial charge in [0, 0.05) is 19.1 Å². The highest BCUT2D eigenvalue weighted by molar-refractivity contribution is 5.67. The highest BCUT2D eigenvalue weighted by atomic mass is 16.6. The van der Waals surface area contributed by atoms with Crippen LogP contribution in [0.1, 0.15) is 19.8 Å². The number of carbonyl (C=O) groups excluding carboxylic acids is 1. The second-order valence-electron chi connectivity index (χ2n) is 4.72. The van der Waals surface area contributed by atoms with Crippen LogP contribution in [0.4, 0.5) is 10.6 Å². The summed E-state index contributed by atoms with van der Waals surface area (Å²) in [4.78, 5) is 31.4. The van der Waals surface area contributed by atoms with Crippen molar-refractivity contribution in [3.63, 3.8) is 0 Å². The second kappa shape index (κ2) is 6.96. The Morgan fingerprint density at radius 1 is 1.52 bits per heavy atom. The van der Waals surface area contributed by atoms with Crippen LogP contribution in [0.3, 0.4) is 0 Å². The minimum Gasteiger partial charge on any atom is -0.489 e. The zero-order chi connectivity index (χ0) is 15.2. The number of piperidine rings is 1. The molecule has 1 aromatic rings. The van der Waals surface area contributed by atoms with E-state index in [1.165, 1.54) is 13.4 Å². The predicted octanol–water partition coefficient (Wildman–Crippen LogP) is 0.811. The van der Waals surface area contributed by atoms with Gasteiger partial charge < -0.3 is 24.7 Å². The number of hydrogen-bond donors (Lipinski definition) is 2. The van der Waals surface area contributed by atoms with Crippen LogP contribution in [0, 0.1) is 0 Å². The van der Waals surface area contributed by atoms with Gasteiger partial charge in [-0.25, -0.2) is 9.78 Å². The van der Waals surface area contributed by atoms with Gasteiger partial charge >= 0.3 is 6.09 Å². The van der Waals surface area contributed by atoms with Gasteiger partial charge in [0.25, 0.3) is 5.56 Å². The molecule has 21 heavy (non-hydrogen) atoms. The number of nitrogens with zero attached hydrogens (tertiary/aromatic N) is 2. The molecule has 8 heteroatoms. The first kappa shape index (κ1) is 15.1. The Balaban J connectivity index is 1.94. The van der Waals surface area contributed by atoms with Crippen molar-refractivity contribution in [2.45, 2.75) is 25.8 Å². The van der Waals surface area contributed by atoms with Gasteiger partial charge in [0.2, 0.25) is 5.75 Å². The van der Waals surface area contributed by atoms with E-state index in [-0.39, 0.29) is 23.4 Å². The lowest BCUT2D eigenvalue weighted by molar-refractivity contribution is 0.0983. The summed E-state index contributed by atoms with van der Waals surface area (Å²) in [6, 6.07) is 0.138. The third kappa shape index (κ3) is 3.65. The average molecular weight is 296 g/mol. The van der Waals surface area contributed by atoms with Crippen molar-refractivity contribution in [1.29, 1.82) is 0 Å².